The molecule has 0 radical (unpaired) electrons. The highest BCUT2D eigenvalue weighted by molar-refractivity contribution is 9.10. The van der Waals surface area contributed by atoms with Crippen LogP contribution >= 0.6 is 15.9 Å². The number of nitrogens with two attached hydrogens (primary N) is 2. The highest BCUT2D eigenvalue weighted by Gasteiger charge is 2.30. The molecule has 1 unspecified atom stereocenters. The number of aliphatic imine (C=N–C) groups is 1. The van der Waals surface area contributed by atoms with Gasteiger partial charge in [-0.05, 0) is 43.0 Å². The Labute approximate surface area is 184 Å². The zero-order chi connectivity index (χ0) is 21.5. The summed E-state index contributed by atoms with van der Waals surface area (Å²) in [5, 5.41) is 3.07. The normalized spacial score (nSPS) is 19.3. The fraction of sp³-hybridized carbons (Fsp3) is 0.318. The molecule has 1 heterocycles. The molecule has 1 amide bonds. The first kappa shape index (κ1) is 22.0. The van der Waals surface area contributed by atoms with Crippen LogP contribution in [-0.4, -0.2) is 36.3 Å². The Bertz CT molecular complexity index is 960. The van der Waals surface area contributed by atoms with Crippen LogP contribution in [0, 0.1) is 0 Å². The summed E-state index contributed by atoms with van der Waals surface area (Å²) in [7, 11) is 1.65. The molecular formula is C22H26BrN5O2. The van der Waals surface area contributed by atoms with E-state index in [4.69, 9.17) is 16.2 Å². The second-order valence-electron chi connectivity index (χ2n) is 7.16. The Morgan fingerprint density at radius 2 is 2.23 bits per heavy atom. The van der Waals surface area contributed by atoms with E-state index in [-0.39, 0.29) is 23.9 Å². The largest absolute Gasteiger partial charge is 0.404 e. The fourth-order valence-electron chi connectivity index (χ4n) is 3.53. The Morgan fingerprint density at radius 3 is 2.97 bits per heavy atom. The zero-order valence-corrected chi connectivity index (χ0v) is 18.4. The van der Waals surface area contributed by atoms with E-state index >= 15 is 0 Å². The average molecular weight is 472 g/mol. The molecular weight excluding hydrogens is 446 g/mol. The van der Waals surface area contributed by atoms with E-state index in [0.717, 1.165) is 29.3 Å². The lowest BCUT2D eigenvalue weighted by Gasteiger charge is -2.22. The molecule has 30 heavy (non-hydrogen) atoms. The third-order valence-electron chi connectivity index (χ3n) is 5.07. The maximum absolute atomic E-state index is 12.9. The number of hydrogen-bond acceptors (Lipinski definition) is 6. The molecule has 1 saturated carbocycles. The molecule has 1 aliphatic carbocycles. The molecule has 8 heteroatoms. The van der Waals surface area contributed by atoms with Gasteiger partial charge in [0.15, 0.2) is 0 Å². The minimum Gasteiger partial charge on any atom is -0.404 e. The van der Waals surface area contributed by atoms with E-state index < -0.39 is 0 Å². The number of allylic oxidation sites excluding steroid dienone is 1. The Morgan fingerprint density at radius 1 is 1.40 bits per heavy atom. The molecule has 1 aromatic carbocycles. The minimum atomic E-state index is -0.269. The van der Waals surface area contributed by atoms with Crippen molar-refractivity contribution >= 4 is 39.4 Å². The predicted octanol–water partition coefficient (Wildman–Crippen LogP) is 3.29. The predicted molar refractivity (Wildman–Crippen MR) is 123 cm³/mol. The number of aromatic nitrogens is 1. The maximum Gasteiger partial charge on any atom is 0.255 e. The molecule has 0 spiro atoms. The lowest BCUT2D eigenvalue weighted by atomic mass is 10.1. The van der Waals surface area contributed by atoms with E-state index in [2.05, 4.69) is 31.2 Å². The molecule has 5 N–H and O–H groups in total. The summed E-state index contributed by atoms with van der Waals surface area (Å²) in [4.78, 5) is 21.1. The van der Waals surface area contributed by atoms with Crippen molar-refractivity contribution in [3.8, 4) is 0 Å². The van der Waals surface area contributed by atoms with Gasteiger partial charge >= 0.3 is 0 Å². The maximum atomic E-state index is 12.9. The number of amides is 1. The summed E-state index contributed by atoms with van der Waals surface area (Å²) in [6.07, 6.45) is 7.32. The summed E-state index contributed by atoms with van der Waals surface area (Å²) in [5.74, 6) is -0.0970. The number of carbonyl (C=O) groups is 1. The van der Waals surface area contributed by atoms with Crippen LogP contribution in [0.5, 0.6) is 0 Å². The van der Waals surface area contributed by atoms with Gasteiger partial charge in [-0.1, -0.05) is 28.1 Å². The first-order valence-corrected chi connectivity index (χ1v) is 10.6. The van der Waals surface area contributed by atoms with Crippen LogP contribution in [0.1, 0.15) is 40.7 Å². The van der Waals surface area contributed by atoms with Crippen molar-refractivity contribution in [2.24, 2.45) is 10.7 Å². The third kappa shape index (κ3) is 5.46. The summed E-state index contributed by atoms with van der Waals surface area (Å²) < 4.78 is 7.12. The van der Waals surface area contributed by atoms with Crippen molar-refractivity contribution in [3.05, 3.63) is 63.9 Å². The number of carbonyl (C=O) groups excluding carboxylic acids is 1. The van der Waals surface area contributed by atoms with Crippen LogP contribution in [0.25, 0.3) is 5.57 Å². The highest BCUT2D eigenvalue weighted by atomic mass is 79.9. The molecule has 7 nitrogen and oxygen atoms in total. The van der Waals surface area contributed by atoms with Crippen LogP contribution in [0.15, 0.2) is 52.2 Å². The number of halogens is 1. The van der Waals surface area contributed by atoms with Crippen LogP contribution in [-0.2, 0) is 11.3 Å². The van der Waals surface area contributed by atoms with E-state index in [9.17, 15) is 4.79 Å². The van der Waals surface area contributed by atoms with Crippen LogP contribution in [0.3, 0.4) is 0 Å². The van der Waals surface area contributed by atoms with Crippen molar-refractivity contribution < 1.29 is 9.53 Å². The van der Waals surface area contributed by atoms with Gasteiger partial charge in [0.2, 0.25) is 0 Å². The summed E-state index contributed by atoms with van der Waals surface area (Å²) in [6.45, 7) is 0.497. The van der Waals surface area contributed by atoms with Crippen LogP contribution in [0.4, 0.5) is 5.82 Å². The number of pyridine rings is 1. The molecule has 0 bridgehead atoms. The van der Waals surface area contributed by atoms with E-state index in [1.807, 2.05) is 24.3 Å². The minimum absolute atomic E-state index is 0.0444. The van der Waals surface area contributed by atoms with Gasteiger partial charge in [0, 0.05) is 41.3 Å². The summed E-state index contributed by atoms with van der Waals surface area (Å²) in [6, 6.07) is 9.62. The second-order valence-corrected chi connectivity index (χ2v) is 8.07. The number of anilines is 1. The van der Waals surface area contributed by atoms with Gasteiger partial charge in [-0.15, -0.1) is 0 Å². The average Bonchev–Trinajstić information content (AvgIpc) is 3.18. The number of nitrogens with zero attached hydrogens (tertiary/aromatic N) is 2. The summed E-state index contributed by atoms with van der Waals surface area (Å²) in [5.41, 5.74) is 14.4. The molecule has 0 aliphatic heterocycles. The van der Waals surface area contributed by atoms with E-state index in [1.165, 1.54) is 6.20 Å². The van der Waals surface area contributed by atoms with Gasteiger partial charge < -0.3 is 21.5 Å². The monoisotopic (exact) mass is 471 g/mol. The van der Waals surface area contributed by atoms with E-state index in [1.54, 1.807) is 25.5 Å². The lowest BCUT2D eigenvalue weighted by Crippen LogP contribution is -2.41. The van der Waals surface area contributed by atoms with Crippen molar-refractivity contribution in [1.29, 1.82) is 0 Å². The molecule has 1 aliphatic rings. The van der Waals surface area contributed by atoms with Crippen molar-refractivity contribution in [2.75, 3.05) is 12.8 Å². The third-order valence-corrected chi connectivity index (χ3v) is 5.56. The molecule has 1 fully saturated rings. The van der Waals surface area contributed by atoms with Crippen LogP contribution < -0.4 is 16.8 Å². The van der Waals surface area contributed by atoms with Gasteiger partial charge in [-0.2, -0.15) is 0 Å². The van der Waals surface area contributed by atoms with Gasteiger partial charge in [0.25, 0.3) is 5.91 Å². The molecule has 0 saturated heterocycles. The Hall–Kier alpha value is -2.71. The number of nitrogens with one attached hydrogen (secondary N) is 1. The van der Waals surface area contributed by atoms with E-state index in [0.29, 0.717) is 23.3 Å². The molecule has 2 aromatic rings. The lowest BCUT2D eigenvalue weighted by molar-refractivity contribution is 0.0272. The number of hydrogen-bond donors (Lipinski definition) is 3. The van der Waals surface area contributed by atoms with Gasteiger partial charge in [0.1, 0.15) is 5.82 Å². The topological polar surface area (TPSA) is 116 Å². The quantitative estimate of drug-likeness (QED) is 0.535. The summed E-state index contributed by atoms with van der Waals surface area (Å²) >= 11 is 3.47. The van der Waals surface area contributed by atoms with Crippen molar-refractivity contribution in [1.82, 2.24) is 10.3 Å². The molecule has 158 valence electrons. The molecule has 3 rings (SSSR count). The standard InChI is InChI=1S/C22H26BrN5O2/c1-26-11-16(10-24)15-9-18(21(25)27-12-15)22(29)28-19-6-3-7-20(19)30-13-14-4-2-5-17(23)8-14/h2,4-5,8-12,19-20H,3,6-7,13,24H2,1H3,(H2,25,27)(H,28,29)/t19?,20-/m0/s1. The first-order chi connectivity index (χ1) is 14.5. The number of ether oxygens (including phenoxy) is 1. The Kier molecular flexibility index (Phi) is 7.59. The van der Waals surface area contributed by atoms with Crippen molar-refractivity contribution in [2.45, 2.75) is 38.0 Å². The van der Waals surface area contributed by atoms with Crippen LogP contribution in [0.2, 0.25) is 0 Å². The number of benzene rings is 1. The fourth-order valence-corrected chi connectivity index (χ4v) is 3.98. The van der Waals surface area contributed by atoms with Gasteiger partial charge in [-0.3, -0.25) is 9.79 Å². The number of rotatable bonds is 7. The smallest absolute Gasteiger partial charge is 0.255 e. The van der Waals surface area contributed by atoms with Gasteiger partial charge in [-0.25, -0.2) is 4.98 Å². The molecule has 2 atom stereocenters. The van der Waals surface area contributed by atoms with Gasteiger partial charge in [0.05, 0.1) is 24.3 Å². The molecule has 1 aromatic heterocycles. The number of nitrogen functional groups attached to an aromatic ring is 1. The zero-order valence-electron chi connectivity index (χ0n) is 16.8. The van der Waals surface area contributed by atoms with Crippen molar-refractivity contribution in [3.63, 3.8) is 0 Å². The SMILES string of the molecule is CN=CC(=CN)c1cnc(N)c(C(=O)NC2CCC[C@@H]2OCc2cccc(Br)c2)c1. The Balaban J connectivity index is 1.68. The first-order valence-electron chi connectivity index (χ1n) is 9.78. The second kappa shape index (κ2) is 10.4. The highest BCUT2D eigenvalue weighted by Crippen LogP contribution is 2.25.